The van der Waals surface area contributed by atoms with Crippen LogP contribution in [0, 0.1) is 0 Å². The standard InChI is InChI=1S/C20H28O6/c1-15(23-13-11-21-3)25-19-9-5-8-18-17(19)7-6-10-20(18)26-16(2)24-14-12-22-4/h5-10,15-16H,11-14H2,1-4H3. The first-order chi connectivity index (χ1) is 12.7. The average Bonchev–Trinajstić information content (AvgIpc) is 2.63. The van der Waals surface area contributed by atoms with Gasteiger partial charge in [-0.3, -0.25) is 0 Å². The van der Waals surface area contributed by atoms with Gasteiger partial charge in [-0.05, 0) is 26.0 Å². The van der Waals surface area contributed by atoms with Crippen molar-refractivity contribution in [3.05, 3.63) is 36.4 Å². The maximum Gasteiger partial charge on any atom is 0.197 e. The lowest BCUT2D eigenvalue weighted by atomic mass is 10.1. The highest BCUT2D eigenvalue weighted by molar-refractivity contribution is 5.93. The summed E-state index contributed by atoms with van der Waals surface area (Å²) in [4.78, 5) is 0. The number of fused-ring (bicyclic) bond motifs is 1. The molecule has 26 heavy (non-hydrogen) atoms. The molecule has 0 fully saturated rings. The van der Waals surface area contributed by atoms with E-state index in [1.54, 1.807) is 14.2 Å². The molecular formula is C20H28O6. The first kappa shape index (κ1) is 20.5. The number of methoxy groups -OCH3 is 2. The van der Waals surface area contributed by atoms with Crippen molar-refractivity contribution < 1.29 is 28.4 Å². The molecule has 0 saturated carbocycles. The van der Waals surface area contributed by atoms with E-state index in [-0.39, 0.29) is 12.6 Å². The van der Waals surface area contributed by atoms with Crippen LogP contribution in [-0.2, 0) is 18.9 Å². The third-order valence-corrected chi connectivity index (χ3v) is 3.71. The second-order valence-corrected chi connectivity index (χ2v) is 5.71. The minimum Gasteiger partial charge on any atom is -0.465 e. The van der Waals surface area contributed by atoms with Gasteiger partial charge in [-0.15, -0.1) is 0 Å². The molecule has 0 saturated heterocycles. The van der Waals surface area contributed by atoms with Crippen LogP contribution in [0.5, 0.6) is 11.5 Å². The zero-order valence-electron chi connectivity index (χ0n) is 15.9. The van der Waals surface area contributed by atoms with Crippen molar-refractivity contribution in [2.24, 2.45) is 0 Å². The van der Waals surface area contributed by atoms with E-state index < -0.39 is 0 Å². The van der Waals surface area contributed by atoms with E-state index in [1.165, 1.54) is 0 Å². The van der Waals surface area contributed by atoms with Gasteiger partial charge in [0, 0.05) is 25.0 Å². The van der Waals surface area contributed by atoms with E-state index in [0.717, 1.165) is 22.3 Å². The molecule has 2 aromatic carbocycles. The number of rotatable bonds is 12. The topological polar surface area (TPSA) is 55.4 Å². The summed E-state index contributed by atoms with van der Waals surface area (Å²) in [6.07, 6.45) is -0.756. The van der Waals surface area contributed by atoms with Crippen LogP contribution < -0.4 is 9.47 Å². The molecule has 0 aliphatic heterocycles. The summed E-state index contributed by atoms with van der Waals surface area (Å²) >= 11 is 0. The zero-order valence-corrected chi connectivity index (χ0v) is 15.9. The SMILES string of the molecule is COCCOC(C)Oc1cccc2c(OC(C)OCCOC)cccc12. The molecule has 0 aliphatic carbocycles. The highest BCUT2D eigenvalue weighted by Gasteiger charge is 2.12. The quantitative estimate of drug-likeness (QED) is 0.424. The monoisotopic (exact) mass is 364 g/mol. The minimum atomic E-state index is -0.378. The van der Waals surface area contributed by atoms with Crippen molar-refractivity contribution in [3.8, 4) is 11.5 Å². The molecule has 0 spiro atoms. The number of benzene rings is 2. The van der Waals surface area contributed by atoms with Crippen molar-refractivity contribution in [1.82, 2.24) is 0 Å². The van der Waals surface area contributed by atoms with Crippen molar-refractivity contribution in [2.45, 2.75) is 26.4 Å². The zero-order chi connectivity index (χ0) is 18.8. The molecule has 0 N–H and O–H groups in total. The molecular weight excluding hydrogens is 336 g/mol. The summed E-state index contributed by atoms with van der Waals surface area (Å²) in [5, 5.41) is 1.91. The third-order valence-electron chi connectivity index (χ3n) is 3.71. The smallest absolute Gasteiger partial charge is 0.197 e. The molecule has 0 bridgehead atoms. The van der Waals surface area contributed by atoms with Crippen molar-refractivity contribution in [3.63, 3.8) is 0 Å². The molecule has 144 valence electrons. The van der Waals surface area contributed by atoms with Crippen LogP contribution >= 0.6 is 0 Å². The van der Waals surface area contributed by atoms with Crippen molar-refractivity contribution in [2.75, 3.05) is 40.6 Å². The summed E-state index contributed by atoms with van der Waals surface area (Å²) in [5.74, 6) is 1.48. The van der Waals surface area contributed by atoms with Crippen LogP contribution in [0.3, 0.4) is 0 Å². The summed E-state index contributed by atoms with van der Waals surface area (Å²) in [6, 6.07) is 11.7. The summed E-state index contributed by atoms with van der Waals surface area (Å²) in [6.45, 7) is 5.74. The number of hydrogen-bond acceptors (Lipinski definition) is 6. The first-order valence-corrected chi connectivity index (χ1v) is 8.71. The predicted octanol–water partition coefficient (Wildman–Crippen LogP) is 3.62. The normalized spacial score (nSPS) is 13.5. The number of hydrogen-bond donors (Lipinski definition) is 0. The Morgan fingerprint density at radius 2 is 1.08 bits per heavy atom. The molecule has 2 aromatic rings. The third kappa shape index (κ3) is 6.14. The largest absolute Gasteiger partial charge is 0.465 e. The van der Waals surface area contributed by atoms with Crippen LogP contribution in [-0.4, -0.2) is 53.2 Å². The van der Waals surface area contributed by atoms with Gasteiger partial charge in [0.2, 0.25) is 0 Å². The number of ether oxygens (including phenoxy) is 6. The van der Waals surface area contributed by atoms with Gasteiger partial charge in [0.05, 0.1) is 26.4 Å². The van der Waals surface area contributed by atoms with Crippen LogP contribution in [0.1, 0.15) is 13.8 Å². The van der Waals surface area contributed by atoms with Crippen molar-refractivity contribution in [1.29, 1.82) is 0 Å². The van der Waals surface area contributed by atoms with Gasteiger partial charge in [-0.25, -0.2) is 0 Å². The predicted molar refractivity (Wildman–Crippen MR) is 99.8 cm³/mol. The van der Waals surface area contributed by atoms with E-state index in [0.29, 0.717) is 26.4 Å². The van der Waals surface area contributed by atoms with Gasteiger partial charge in [0.1, 0.15) is 11.5 Å². The van der Waals surface area contributed by atoms with E-state index in [2.05, 4.69) is 0 Å². The molecule has 0 heterocycles. The fourth-order valence-corrected chi connectivity index (χ4v) is 2.48. The Bertz CT molecular complexity index is 603. The first-order valence-electron chi connectivity index (χ1n) is 8.71. The highest BCUT2D eigenvalue weighted by Crippen LogP contribution is 2.33. The van der Waals surface area contributed by atoms with Crippen molar-refractivity contribution >= 4 is 10.8 Å². The van der Waals surface area contributed by atoms with Gasteiger partial charge in [-0.2, -0.15) is 0 Å². The molecule has 0 amide bonds. The van der Waals surface area contributed by atoms with Gasteiger partial charge < -0.3 is 28.4 Å². The molecule has 6 nitrogen and oxygen atoms in total. The Morgan fingerprint density at radius 3 is 1.46 bits per heavy atom. The maximum absolute atomic E-state index is 5.93. The van der Waals surface area contributed by atoms with Gasteiger partial charge in [-0.1, -0.05) is 24.3 Å². The van der Waals surface area contributed by atoms with Gasteiger partial charge >= 0.3 is 0 Å². The summed E-state index contributed by atoms with van der Waals surface area (Å²) in [5.41, 5.74) is 0. The molecule has 6 heteroatoms. The van der Waals surface area contributed by atoms with E-state index in [9.17, 15) is 0 Å². The average molecular weight is 364 g/mol. The van der Waals surface area contributed by atoms with Crippen LogP contribution in [0.4, 0.5) is 0 Å². The lowest BCUT2D eigenvalue weighted by molar-refractivity contribution is -0.0797. The van der Waals surface area contributed by atoms with E-state index >= 15 is 0 Å². The Labute approximate surface area is 154 Å². The van der Waals surface area contributed by atoms with Gasteiger partial charge in [0.25, 0.3) is 0 Å². The molecule has 0 radical (unpaired) electrons. The van der Waals surface area contributed by atoms with E-state index in [1.807, 2.05) is 50.2 Å². The Morgan fingerprint density at radius 1 is 0.654 bits per heavy atom. The molecule has 2 rings (SSSR count). The Hall–Kier alpha value is -1.86. The lowest BCUT2D eigenvalue weighted by Gasteiger charge is -2.19. The molecule has 0 aliphatic rings. The van der Waals surface area contributed by atoms with Gasteiger partial charge in [0.15, 0.2) is 12.6 Å². The summed E-state index contributed by atoms with van der Waals surface area (Å²) in [7, 11) is 3.28. The molecule has 0 aromatic heterocycles. The van der Waals surface area contributed by atoms with Crippen LogP contribution in [0.15, 0.2) is 36.4 Å². The highest BCUT2D eigenvalue weighted by atomic mass is 16.7. The van der Waals surface area contributed by atoms with Crippen LogP contribution in [0.25, 0.3) is 10.8 Å². The van der Waals surface area contributed by atoms with E-state index in [4.69, 9.17) is 28.4 Å². The maximum atomic E-state index is 5.93. The molecule has 2 atom stereocenters. The Kier molecular flexibility index (Phi) is 8.64. The minimum absolute atomic E-state index is 0.378. The second-order valence-electron chi connectivity index (χ2n) is 5.71. The lowest BCUT2D eigenvalue weighted by Crippen LogP contribution is -2.19. The fraction of sp³-hybridized carbons (Fsp3) is 0.500. The second kappa shape index (κ2) is 11.0. The molecule has 2 unspecified atom stereocenters. The Balaban J connectivity index is 2.09. The van der Waals surface area contributed by atoms with Crippen LogP contribution in [0.2, 0.25) is 0 Å². The fourth-order valence-electron chi connectivity index (χ4n) is 2.48. The summed E-state index contributed by atoms with van der Waals surface area (Å²) < 4.78 is 33.0.